The molecule has 0 aromatic heterocycles. The number of para-hydroxylation sites is 1. The molecule has 0 amide bonds. The second kappa shape index (κ2) is 10.0. The van der Waals surface area contributed by atoms with E-state index in [1.807, 2.05) is 0 Å². The van der Waals surface area contributed by atoms with Gasteiger partial charge in [-0.15, -0.1) is 0 Å². The van der Waals surface area contributed by atoms with Gasteiger partial charge in [0.2, 0.25) is 0 Å². The zero-order valence-corrected chi connectivity index (χ0v) is 13.6. The number of hydrazine groups is 1. The lowest BCUT2D eigenvalue weighted by Gasteiger charge is -2.13. The molecule has 0 fully saturated rings. The molecule has 13 heteroatoms. The molecule has 1 rings (SSSR count). The number of nitro groups is 2. The molecule has 0 aliphatic rings. The van der Waals surface area contributed by atoms with Crippen molar-refractivity contribution >= 4 is 29.6 Å². The Morgan fingerprint density at radius 3 is 2.64 bits per heavy atom. The first-order chi connectivity index (χ1) is 11.8. The minimum absolute atomic E-state index is 0.0916. The molecule has 136 valence electrons. The summed E-state index contributed by atoms with van der Waals surface area (Å²) in [6, 6.07) is 4.96. The highest BCUT2D eigenvalue weighted by Gasteiger charge is 2.19. The van der Waals surface area contributed by atoms with Gasteiger partial charge >= 0.3 is 5.97 Å². The molecule has 0 bridgehead atoms. The molecule has 0 radical (unpaired) electrons. The minimum Gasteiger partial charge on any atom is -0.480 e. The molecule has 5 N–H and O–H groups in total. The molecule has 1 atom stereocenters. The number of carboxylic acids is 1. The summed E-state index contributed by atoms with van der Waals surface area (Å²) in [5, 5.41) is 29.4. The van der Waals surface area contributed by atoms with Crippen LogP contribution in [0.1, 0.15) is 12.8 Å². The summed E-state index contributed by atoms with van der Waals surface area (Å²) >= 11 is 0.850. The van der Waals surface area contributed by atoms with E-state index in [1.54, 1.807) is 11.5 Å². The molecule has 0 saturated carbocycles. The maximum atomic E-state index is 11.2. The first kappa shape index (κ1) is 20.1. The van der Waals surface area contributed by atoms with Crippen molar-refractivity contribution in [3.8, 4) is 0 Å². The van der Waals surface area contributed by atoms with Gasteiger partial charge < -0.3 is 10.8 Å². The quantitative estimate of drug-likeness (QED) is 0.113. The van der Waals surface area contributed by atoms with Crippen LogP contribution < -0.4 is 15.9 Å². The second-order valence-electron chi connectivity index (χ2n) is 4.61. The summed E-state index contributed by atoms with van der Waals surface area (Å²) in [6.45, 7) is 0.0916. The van der Waals surface area contributed by atoms with Gasteiger partial charge in [0.15, 0.2) is 5.03 Å². The Morgan fingerprint density at radius 2 is 2.04 bits per heavy atom. The van der Waals surface area contributed by atoms with Crippen molar-refractivity contribution in [2.45, 2.75) is 23.8 Å². The first-order valence-corrected chi connectivity index (χ1v) is 7.72. The number of aliphatic imine (C=N–C) groups is 1. The normalized spacial score (nSPS) is 12.4. The maximum absolute atomic E-state index is 11.2. The van der Waals surface area contributed by atoms with E-state index in [9.17, 15) is 30.1 Å². The van der Waals surface area contributed by atoms with Crippen molar-refractivity contribution in [2.75, 3.05) is 6.54 Å². The fraction of sp³-hybridized carbons (Fsp3) is 0.333. The van der Waals surface area contributed by atoms with Crippen LogP contribution in [0.3, 0.4) is 0 Å². The molecule has 0 unspecified atom stereocenters. The summed E-state index contributed by atoms with van der Waals surface area (Å²) in [5.74, 6) is -1.51. The van der Waals surface area contributed by atoms with E-state index < -0.39 is 22.0 Å². The molecule has 25 heavy (non-hydrogen) atoms. The number of nitrogens with one attached hydrogen (secondary N) is 2. The fourth-order valence-corrected chi connectivity index (χ4v) is 2.57. The Hall–Kier alpha value is -2.93. The number of nitrogens with two attached hydrogens (primary N) is 1. The van der Waals surface area contributed by atoms with Crippen molar-refractivity contribution in [1.82, 2.24) is 10.1 Å². The molecule has 0 spiro atoms. The number of hydrogen-bond acceptors (Lipinski definition) is 8. The first-order valence-electron chi connectivity index (χ1n) is 6.90. The lowest BCUT2D eigenvalue weighted by Crippen LogP contribution is -2.36. The molecular weight excluding hydrogens is 356 g/mol. The van der Waals surface area contributed by atoms with Gasteiger partial charge in [-0.25, -0.2) is 19.8 Å². The standard InChI is InChI=1S/C12H16N6O6S/c13-12(15-18(23)24)14-7-3-4-8(11(19)20)16-25-10-6-2-1-5-9(10)17(21)22/h1-2,5-6,8,16H,3-4,7H2,(H,19,20)(H3,13,14,15)/t8-/m0/s1. The number of nitrogens with zero attached hydrogens (tertiary/aromatic N) is 3. The Kier molecular flexibility index (Phi) is 8.08. The number of carbonyl (C=O) groups is 1. The number of nitro benzene ring substituents is 1. The minimum atomic E-state index is -1.13. The van der Waals surface area contributed by atoms with Gasteiger partial charge in [-0.2, -0.15) is 0 Å². The summed E-state index contributed by atoms with van der Waals surface area (Å²) < 4.78 is 2.66. The second-order valence-corrected chi connectivity index (χ2v) is 5.49. The Balaban J connectivity index is 2.55. The van der Waals surface area contributed by atoms with Crippen LogP contribution in [0.25, 0.3) is 0 Å². The Bertz CT molecular complexity index is 669. The van der Waals surface area contributed by atoms with E-state index >= 15 is 0 Å². The van der Waals surface area contributed by atoms with Gasteiger partial charge in [0.1, 0.15) is 10.9 Å². The number of benzene rings is 1. The van der Waals surface area contributed by atoms with Crippen molar-refractivity contribution in [3.05, 3.63) is 44.5 Å². The highest BCUT2D eigenvalue weighted by molar-refractivity contribution is 7.97. The average Bonchev–Trinajstić information content (AvgIpc) is 2.53. The zero-order chi connectivity index (χ0) is 18.8. The SMILES string of the molecule is NC(=NCCC[C@H](NSc1ccccc1[N+](=O)[O-])C(=O)O)N[N+](=O)[O-]. The summed E-state index contributed by atoms with van der Waals surface area (Å²) in [4.78, 5) is 35.7. The average molecular weight is 372 g/mol. The smallest absolute Gasteiger partial charge is 0.321 e. The monoisotopic (exact) mass is 372 g/mol. The Labute approximate surface area is 145 Å². The van der Waals surface area contributed by atoms with Crippen molar-refractivity contribution in [2.24, 2.45) is 10.7 Å². The van der Waals surface area contributed by atoms with Crippen molar-refractivity contribution < 1.29 is 19.9 Å². The number of rotatable bonds is 10. The summed E-state index contributed by atoms with van der Waals surface area (Å²) in [5.41, 5.74) is 6.76. The molecule has 12 nitrogen and oxygen atoms in total. The summed E-state index contributed by atoms with van der Waals surface area (Å²) in [6.07, 6.45) is 0.444. The topological polar surface area (TPSA) is 186 Å². The molecule has 0 saturated heterocycles. The van der Waals surface area contributed by atoms with Crippen LogP contribution in [-0.2, 0) is 4.79 Å². The predicted octanol–water partition coefficient (Wildman–Crippen LogP) is 0.521. The van der Waals surface area contributed by atoms with Gasteiger partial charge in [-0.05, 0) is 30.9 Å². The third kappa shape index (κ3) is 7.45. The van der Waals surface area contributed by atoms with Gasteiger partial charge in [0.25, 0.3) is 11.6 Å². The third-order valence-corrected chi connectivity index (χ3v) is 3.78. The van der Waals surface area contributed by atoms with Crippen LogP contribution >= 0.6 is 11.9 Å². The molecule has 0 aliphatic heterocycles. The largest absolute Gasteiger partial charge is 0.480 e. The Morgan fingerprint density at radius 1 is 1.36 bits per heavy atom. The van der Waals surface area contributed by atoms with Crippen LogP contribution in [0.2, 0.25) is 0 Å². The molecule has 0 aliphatic carbocycles. The highest BCUT2D eigenvalue weighted by atomic mass is 32.2. The van der Waals surface area contributed by atoms with E-state index in [1.165, 1.54) is 18.2 Å². The third-order valence-electron chi connectivity index (χ3n) is 2.81. The van der Waals surface area contributed by atoms with Gasteiger partial charge in [0, 0.05) is 12.6 Å². The van der Waals surface area contributed by atoms with Crippen LogP contribution in [0.5, 0.6) is 0 Å². The predicted molar refractivity (Wildman–Crippen MR) is 89.4 cm³/mol. The number of guanidine groups is 1. The highest BCUT2D eigenvalue weighted by Crippen LogP contribution is 2.27. The zero-order valence-electron chi connectivity index (χ0n) is 12.8. The summed E-state index contributed by atoms with van der Waals surface area (Å²) in [7, 11) is 0. The van der Waals surface area contributed by atoms with Gasteiger partial charge in [-0.3, -0.25) is 14.9 Å². The molecule has 1 aromatic carbocycles. The van der Waals surface area contributed by atoms with Crippen LogP contribution in [0, 0.1) is 20.2 Å². The van der Waals surface area contributed by atoms with E-state index in [4.69, 9.17) is 5.73 Å². The van der Waals surface area contributed by atoms with Crippen molar-refractivity contribution in [1.29, 1.82) is 0 Å². The van der Waals surface area contributed by atoms with Gasteiger partial charge in [-0.1, -0.05) is 17.6 Å². The number of aliphatic carboxylic acids is 1. The van der Waals surface area contributed by atoms with E-state index in [0.717, 1.165) is 11.9 Å². The van der Waals surface area contributed by atoms with Crippen molar-refractivity contribution in [3.63, 3.8) is 0 Å². The van der Waals surface area contributed by atoms with E-state index in [0.29, 0.717) is 6.42 Å². The van der Waals surface area contributed by atoms with Crippen LogP contribution in [0.15, 0.2) is 34.2 Å². The number of carboxylic acid groups (broad SMARTS) is 1. The van der Waals surface area contributed by atoms with E-state index in [-0.39, 0.29) is 29.5 Å². The fourth-order valence-electron chi connectivity index (χ4n) is 1.69. The lowest BCUT2D eigenvalue weighted by molar-refractivity contribution is -0.525. The molecule has 0 heterocycles. The lowest BCUT2D eigenvalue weighted by atomic mass is 10.2. The van der Waals surface area contributed by atoms with Crippen LogP contribution in [-0.4, -0.2) is 39.6 Å². The van der Waals surface area contributed by atoms with Crippen LogP contribution in [0.4, 0.5) is 5.69 Å². The number of hydrogen-bond donors (Lipinski definition) is 4. The molecular formula is C12H16N6O6S. The maximum Gasteiger partial charge on any atom is 0.321 e. The van der Waals surface area contributed by atoms with E-state index in [2.05, 4.69) is 9.71 Å². The van der Waals surface area contributed by atoms with Gasteiger partial charge in [0.05, 0.1) is 4.92 Å². The molecule has 1 aromatic rings.